The van der Waals surface area contributed by atoms with Gasteiger partial charge in [-0.25, -0.2) is 4.21 Å². The van der Waals surface area contributed by atoms with Crippen molar-refractivity contribution in [1.29, 1.82) is 0 Å². The summed E-state index contributed by atoms with van der Waals surface area (Å²) >= 11 is 1.39. The Hall–Kier alpha value is -4.06. The van der Waals surface area contributed by atoms with E-state index in [9.17, 15) is 13.8 Å². The van der Waals surface area contributed by atoms with Crippen molar-refractivity contribution >= 4 is 38.6 Å². The molecule has 0 saturated heterocycles. The van der Waals surface area contributed by atoms with Crippen LogP contribution in [-0.4, -0.2) is 27.3 Å². The average molecular weight is 500 g/mol. The normalized spacial score (nSPS) is 12.1. The van der Waals surface area contributed by atoms with E-state index >= 15 is 0 Å². The first-order valence-electron chi connectivity index (χ1n) is 10.6. The number of nitrogens with one attached hydrogen (secondary N) is 1. The zero-order chi connectivity index (χ0) is 24.8. The highest BCUT2D eigenvalue weighted by Gasteiger charge is 2.12. The van der Waals surface area contributed by atoms with Crippen LogP contribution in [0.1, 0.15) is 36.7 Å². The van der Waals surface area contributed by atoms with Gasteiger partial charge in [-0.3, -0.25) is 14.6 Å². The van der Waals surface area contributed by atoms with Gasteiger partial charge in [0, 0.05) is 40.4 Å². The number of benzene rings is 2. The second-order valence-electron chi connectivity index (χ2n) is 7.69. The second-order valence-corrected chi connectivity index (χ2v) is 10.9. The molecule has 0 aliphatic rings. The summed E-state index contributed by atoms with van der Waals surface area (Å²) in [5, 5.41) is 4.77. The molecule has 4 rings (SSSR count). The SMILES string of the molecule is Cc1ccsc1C(=O)Nc1cccc(C#Cc2cncc(C(=O)N=[S@@](C)(=O)c3ccccc3)c2)c1. The molecule has 2 amide bonds. The van der Waals surface area contributed by atoms with E-state index < -0.39 is 15.6 Å². The van der Waals surface area contributed by atoms with Crippen LogP contribution in [0.3, 0.4) is 0 Å². The first-order valence-corrected chi connectivity index (χ1v) is 13.4. The topological polar surface area (TPSA) is 88.5 Å². The summed E-state index contributed by atoms with van der Waals surface area (Å²) in [5.74, 6) is 5.22. The molecule has 0 radical (unpaired) electrons. The van der Waals surface area contributed by atoms with E-state index in [4.69, 9.17) is 0 Å². The fourth-order valence-corrected chi connectivity index (χ4v) is 5.18. The molecule has 35 heavy (non-hydrogen) atoms. The summed E-state index contributed by atoms with van der Waals surface area (Å²) < 4.78 is 16.8. The third-order valence-corrected chi connectivity index (χ3v) is 7.64. The Balaban J connectivity index is 1.52. The van der Waals surface area contributed by atoms with Gasteiger partial charge in [-0.05, 0) is 60.3 Å². The number of hydrogen-bond donors (Lipinski definition) is 1. The van der Waals surface area contributed by atoms with Crippen LogP contribution >= 0.6 is 11.3 Å². The lowest BCUT2D eigenvalue weighted by Gasteiger charge is -2.05. The molecule has 2 heterocycles. The Bertz CT molecular complexity index is 1590. The maximum Gasteiger partial charge on any atom is 0.286 e. The van der Waals surface area contributed by atoms with Crippen LogP contribution in [0.25, 0.3) is 0 Å². The molecule has 0 bridgehead atoms. The van der Waals surface area contributed by atoms with E-state index in [1.165, 1.54) is 30.0 Å². The number of aromatic nitrogens is 1. The maximum atomic E-state index is 12.9. The number of pyridine rings is 1. The second kappa shape index (κ2) is 10.5. The number of rotatable bonds is 4. The molecule has 0 saturated carbocycles. The standard InChI is InChI=1S/C27H21N3O3S2/c1-19-13-14-34-25(19)27(32)29-23-8-6-7-20(16-23)11-12-21-15-22(18-28-17-21)26(31)30-35(2,33)24-9-4-3-5-10-24/h3-10,13-18H,1-2H3,(H,29,32)/t35-/m0/s1. The molecule has 6 nitrogen and oxygen atoms in total. The summed E-state index contributed by atoms with van der Waals surface area (Å²) in [6.07, 6.45) is 4.35. The Kier molecular flexibility index (Phi) is 7.20. The fourth-order valence-electron chi connectivity index (χ4n) is 3.17. The number of nitrogens with zero attached hydrogens (tertiary/aromatic N) is 2. The van der Waals surface area contributed by atoms with E-state index in [0.717, 1.165) is 5.56 Å². The molecule has 1 N–H and O–H groups in total. The number of amides is 2. The number of carbonyl (C=O) groups excluding carboxylic acids is 2. The Morgan fingerprint density at radius 3 is 2.49 bits per heavy atom. The van der Waals surface area contributed by atoms with Crippen molar-refractivity contribution in [3.63, 3.8) is 0 Å². The molecular formula is C27H21N3O3S2. The van der Waals surface area contributed by atoms with Crippen molar-refractivity contribution in [2.75, 3.05) is 11.6 Å². The summed E-state index contributed by atoms with van der Waals surface area (Å²) in [7, 11) is -2.88. The quantitative estimate of drug-likeness (QED) is 0.381. The highest BCUT2D eigenvalue weighted by Crippen LogP contribution is 2.19. The minimum absolute atomic E-state index is 0.162. The van der Waals surface area contributed by atoms with E-state index in [-0.39, 0.29) is 11.5 Å². The maximum absolute atomic E-state index is 12.9. The molecular weight excluding hydrogens is 478 g/mol. The number of hydrogen-bond acceptors (Lipinski definition) is 5. The van der Waals surface area contributed by atoms with Gasteiger partial charge in [-0.1, -0.05) is 36.1 Å². The first kappa shape index (κ1) is 24.1. The summed E-state index contributed by atoms with van der Waals surface area (Å²) in [6, 6.07) is 19.3. The summed E-state index contributed by atoms with van der Waals surface area (Å²) in [5.41, 5.74) is 2.97. The number of aryl methyl sites for hydroxylation is 1. The molecule has 0 fully saturated rings. The first-order chi connectivity index (χ1) is 16.8. The van der Waals surface area contributed by atoms with E-state index in [1.54, 1.807) is 54.6 Å². The van der Waals surface area contributed by atoms with Crippen molar-refractivity contribution in [3.8, 4) is 11.8 Å². The van der Waals surface area contributed by atoms with E-state index in [0.29, 0.717) is 26.6 Å². The van der Waals surface area contributed by atoms with Crippen molar-refractivity contribution in [3.05, 3.63) is 112 Å². The van der Waals surface area contributed by atoms with Crippen molar-refractivity contribution in [2.24, 2.45) is 4.36 Å². The van der Waals surface area contributed by atoms with Gasteiger partial charge in [-0.2, -0.15) is 4.36 Å². The van der Waals surface area contributed by atoms with Crippen LogP contribution in [-0.2, 0) is 9.73 Å². The highest BCUT2D eigenvalue weighted by atomic mass is 32.2. The third-order valence-electron chi connectivity index (χ3n) is 4.96. The minimum atomic E-state index is -2.88. The molecule has 0 aliphatic carbocycles. The third kappa shape index (κ3) is 6.09. The predicted octanol–water partition coefficient (Wildman–Crippen LogP) is 5.40. The lowest BCUT2D eigenvalue weighted by Crippen LogP contribution is -2.11. The van der Waals surface area contributed by atoms with Crippen molar-refractivity contribution in [1.82, 2.24) is 4.98 Å². The smallest absolute Gasteiger partial charge is 0.286 e. The van der Waals surface area contributed by atoms with Crippen molar-refractivity contribution < 1.29 is 13.8 Å². The molecule has 0 unspecified atom stereocenters. The Morgan fingerprint density at radius 2 is 1.74 bits per heavy atom. The largest absolute Gasteiger partial charge is 0.321 e. The number of thiophene rings is 1. The number of carbonyl (C=O) groups is 2. The van der Waals surface area contributed by atoms with E-state index in [2.05, 4.69) is 26.5 Å². The van der Waals surface area contributed by atoms with Crippen LogP contribution < -0.4 is 5.32 Å². The molecule has 2 aromatic heterocycles. The predicted molar refractivity (Wildman–Crippen MR) is 139 cm³/mol. The molecule has 0 spiro atoms. The van der Waals surface area contributed by atoms with Crippen LogP contribution in [0, 0.1) is 18.8 Å². The fraction of sp³-hybridized carbons (Fsp3) is 0.0741. The summed E-state index contributed by atoms with van der Waals surface area (Å²) in [6.45, 7) is 1.90. The molecule has 4 aromatic rings. The molecule has 174 valence electrons. The summed E-state index contributed by atoms with van der Waals surface area (Å²) in [4.78, 5) is 30.4. The molecule has 0 aliphatic heterocycles. The van der Waals surface area contributed by atoms with Gasteiger partial charge in [-0.15, -0.1) is 11.3 Å². The molecule has 1 atom stereocenters. The van der Waals surface area contributed by atoms with Crippen LogP contribution in [0.5, 0.6) is 0 Å². The van der Waals surface area contributed by atoms with Gasteiger partial charge in [0.2, 0.25) is 0 Å². The Morgan fingerprint density at radius 1 is 0.971 bits per heavy atom. The lowest BCUT2D eigenvalue weighted by molar-refractivity contribution is 0.100. The lowest BCUT2D eigenvalue weighted by atomic mass is 10.1. The van der Waals surface area contributed by atoms with Crippen molar-refractivity contribution in [2.45, 2.75) is 11.8 Å². The van der Waals surface area contributed by atoms with Gasteiger partial charge in [0.05, 0.1) is 20.2 Å². The molecule has 8 heteroatoms. The van der Waals surface area contributed by atoms with Crippen LogP contribution in [0.4, 0.5) is 5.69 Å². The molecule has 2 aromatic carbocycles. The van der Waals surface area contributed by atoms with Gasteiger partial charge in [0.1, 0.15) is 0 Å². The Labute approximate surface area is 208 Å². The zero-order valence-corrected chi connectivity index (χ0v) is 20.7. The van der Waals surface area contributed by atoms with Gasteiger partial charge in [0.15, 0.2) is 0 Å². The minimum Gasteiger partial charge on any atom is -0.321 e. The van der Waals surface area contributed by atoms with Gasteiger partial charge < -0.3 is 5.32 Å². The highest BCUT2D eigenvalue weighted by molar-refractivity contribution is 7.93. The monoisotopic (exact) mass is 499 g/mol. The number of anilines is 1. The van der Waals surface area contributed by atoms with Gasteiger partial charge >= 0.3 is 0 Å². The van der Waals surface area contributed by atoms with Crippen LogP contribution in [0.2, 0.25) is 0 Å². The van der Waals surface area contributed by atoms with E-state index in [1.807, 2.05) is 24.4 Å². The zero-order valence-electron chi connectivity index (χ0n) is 19.0. The van der Waals surface area contributed by atoms with Gasteiger partial charge in [0.25, 0.3) is 11.8 Å². The average Bonchev–Trinajstić information content (AvgIpc) is 3.29. The van der Waals surface area contributed by atoms with Crippen LogP contribution in [0.15, 0.2) is 93.8 Å².